The molecule has 0 spiro atoms. The highest BCUT2D eigenvalue weighted by Gasteiger charge is 2.34. The van der Waals surface area contributed by atoms with E-state index in [9.17, 15) is 0 Å². The highest BCUT2D eigenvalue weighted by Crippen LogP contribution is 2.32. The van der Waals surface area contributed by atoms with Crippen molar-refractivity contribution in [3.8, 4) is 0 Å². The van der Waals surface area contributed by atoms with Gasteiger partial charge in [-0.05, 0) is 26.7 Å². The summed E-state index contributed by atoms with van der Waals surface area (Å²) in [5, 5.41) is 9.16. The quantitative estimate of drug-likeness (QED) is 0.833. The zero-order valence-corrected chi connectivity index (χ0v) is 15.7. The van der Waals surface area contributed by atoms with Crippen LogP contribution in [0.15, 0.2) is 12.5 Å². The van der Waals surface area contributed by atoms with Gasteiger partial charge in [0.2, 0.25) is 0 Å². The van der Waals surface area contributed by atoms with Gasteiger partial charge in [-0.2, -0.15) is 0 Å². The van der Waals surface area contributed by atoms with Crippen LogP contribution >= 0.6 is 0 Å². The lowest BCUT2D eigenvalue weighted by atomic mass is 9.97. The number of H-pyrrole nitrogens is 1. The molecule has 4 heterocycles. The van der Waals surface area contributed by atoms with Crippen molar-refractivity contribution in [2.45, 2.75) is 57.2 Å². The number of hydrogen-bond donors (Lipinski definition) is 2. The Labute approximate surface area is 154 Å². The van der Waals surface area contributed by atoms with Gasteiger partial charge in [0.1, 0.15) is 11.6 Å². The van der Waals surface area contributed by atoms with Crippen molar-refractivity contribution in [1.82, 2.24) is 29.6 Å². The number of rotatable bonds is 5. The number of ether oxygens (including phenoxy) is 1. The Hall–Kier alpha value is -1.77. The third-order valence-corrected chi connectivity index (χ3v) is 5.22. The van der Waals surface area contributed by atoms with Crippen molar-refractivity contribution in [2.24, 2.45) is 5.73 Å². The maximum absolute atomic E-state index is 6.28. The summed E-state index contributed by atoms with van der Waals surface area (Å²) in [4.78, 5) is 9.82. The van der Waals surface area contributed by atoms with Crippen LogP contribution in [0.3, 0.4) is 0 Å². The average Bonchev–Trinajstić information content (AvgIpc) is 3.23. The monoisotopic (exact) mass is 359 g/mol. The van der Waals surface area contributed by atoms with Crippen LogP contribution in [-0.2, 0) is 17.7 Å². The number of hydrogen-bond acceptors (Lipinski definition) is 6. The molecule has 2 aliphatic rings. The minimum absolute atomic E-state index is 0.232. The summed E-state index contributed by atoms with van der Waals surface area (Å²) < 4.78 is 7.92. The number of nitrogens with one attached hydrogen (secondary N) is 1. The van der Waals surface area contributed by atoms with E-state index in [1.165, 1.54) is 0 Å². The number of aromatic nitrogens is 5. The SMILES string of the molecule is CC(C)(N)CN1Cc2nnc(C3CCOCC3)n2C(Cc2cnc[nH]2)C1. The molecule has 8 heteroatoms. The molecule has 0 bridgehead atoms. The third-order valence-electron chi connectivity index (χ3n) is 5.22. The molecule has 26 heavy (non-hydrogen) atoms. The fourth-order valence-electron chi connectivity index (χ4n) is 4.22. The van der Waals surface area contributed by atoms with E-state index in [1.807, 2.05) is 6.20 Å². The second kappa shape index (κ2) is 7.09. The lowest BCUT2D eigenvalue weighted by molar-refractivity contribution is 0.0807. The molecule has 3 N–H and O–H groups in total. The van der Waals surface area contributed by atoms with Crippen molar-refractivity contribution >= 4 is 0 Å². The predicted octanol–water partition coefficient (Wildman–Crippen LogP) is 1.23. The molecular weight excluding hydrogens is 330 g/mol. The minimum Gasteiger partial charge on any atom is -0.381 e. The minimum atomic E-state index is -0.232. The summed E-state index contributed by atoms with van der Waals surface area (Å²) in [7, 11) is 0. The van der Waals surface area contributed by atoms with Crippen LogP contribution in [0.25, 0.3) is 0 Å². The van der Waals surface area contributed by atoms with Crippen molar-refractivity contribution in [1.29, 1.82) is 0 Å². The van der Waals surface area contributed by atoms with Crippen molar-refractivity contribution < 1.29 is 4.74 Å². The maximum atomic E-state index is 6.28. The fraction of sp³-hybridized carbons (Fsp3) is 0.722. The van der Waals surface area contributed by atoms with Gasteiger partial charge in [0.05, 0.1) is 18.9 Å². The van der Waals surface area contributed by atoms with Crippen molar-refractivity contribution in [3.05, 3.63) is 29.9 Å². The van der Waals surface area contributed by atoms with Gasteiger partial charge in [-0.1, -0.05) is 0 Å². The summed E-state index contributed by atoms with van der Waals surface area (Å²) >= 11 is 0. The Bertz CT molecular complexity index is 712. The second-order valence-electron chi connectivity index (χ2n) is 8.32. The molecule has 0 saturated carbocycles. The van der Waals surface area contributed by atoms with Gasteiger partial charge in [-0.25, -0.2) is 4.98 Å². The van der Waals surface area contributed by atoms with Crippen LogP contribution in [0, 0.1) is 0 Å². The molecule has 0 aliphatic carbocycles. The normalized spacial score (nSPS) is 22.5. The molecule has 2 aliphatic heterocycles. The van der Waals surface area contributed by atoms with Crippen LogP contribution in [0.5, 0.6) is 0 Å². The van der Waals surface area contributed by atoms with Crippen molar-refractivity contribution in [3.63, 3.8) is 0 Å². The molecule has 2 aromatic heterocycles. The van der Waals surface area contributed by atoms with E-state index >= 15 is 0 Å². The Morgan fingerprint density at radius 3 is 2.81 bits per heavy atom. The second-order valence-corrected chi connectivity index (χ2v) is 8.32. The number of nitrogens with two attached hydrogens (primary N) is 1. The number of aromatic amines is 1. The van der Waals surface area contributed by atoms with Gasteiger partial charge < -0.3 is 20.0 Å². The molecule has 0 amide bonds. The van der Waals surface area contributed by atoms with Crippen LogP contribution in [0.4, 0.5) is 0 Å². The molecule has 0 aromatic carbocycles. The lowest BCUT2D eigenvalue weighted by Crippen LogP contribution is -2.49. The van der Waals surface area contributed by atoms with E-state index < -0.39 is 0 Å². The molecule has 0 radical (unpaired) electrons. The van der Waals surface area contributed by atoms with E-state index in [-0.39, 0.29) is 11.6 Å². The third kappa shape index (κ3) is 3.82. The maximum Gasteiger partial charge on any atom is 0.147 e. The topological polar surface area (TPSA) is 97.9 Å². The number of fused-ring (bicyclic) bond motifs is 1. The van der Waals surface area contributed by atoms with E-state index in [1.54, 1.807) is 6.33 Å². The Morgan fingerprint density at radius 2 is 2.12 bits per heavy atom. The van der Waals surface area contributed by atoms with Gasteiger partial charge in [0, 0.05) is 56.1 Å². The summed E-state index contributed by atoms with van der Waals surface area (Å²) in [5.41, 5.74) is 7.18. The highest BCUT2D eigenvalue weighted by atomic mass is 16.5. The standard InChI is InChI=1S/C18H29N7O/c1-18(2,19)11-24-9-15(7-14-8-20-12-21-14)25-16(10-24)22-23-17(25)13-3-5-26-6-4-13/h8,12-13,15H,3-7,9-11,19H2,1-2H3,(H,20,21). The average molecular weight is 359 g/mol. The zero-order valence-electron chi connectivity index (χ0n) is 15.7. The molecule has 4 rings (SSSR count). The summed E-state index contributed by atoms with van der Waals surface area (Å²) in [5.74, 6) is 2.61. The summed E-state index contributed by atoms with van der Waals surface area (Å²) in [6.45, 7) is 8.35. The Balaban J connectivity index is 1.63. The smallest absolute Gasteiger partial charge is 0.147 e. The molecule has 142 valence electrons. The summed E-state index contributed by atoms with van der Waals surface area (Å²) in [6, 6.07) is 0.286. The fourth-order valence-corrected chi connectivity index (χ4v) is 4.22. The van der Waals surface area contributed by atoms with Crippen LogP contribution in [0.2, 0.25) is 0 Å². The van der Waals surface area contributed by atoms with Gasteiger partial charge in [-0.3, -0.25) is 4.90 Å². The Kier molecular flexibility index (Phi) is 4.81. The van der Waals surface area contributed by atoms with Crippen LogP contribution in [-0.4, -0.2) is 61.5 Å². The van der Waals surface area contributed by atoms with Crippen molar-refractivity contribution in [2.75, 3.05) is 26.3 Å². The first-order valence-corrected chi connectivity index (χ1v) is 9.49. The molecule has 1 unspecified atom stereocenters. The first-order valence-electron chi connectivity index (χ1n) is 9.49. The van der Waals surface area contributed by atoms with Gasteiger partial charge >= 0.3 is 0 Å². The first kappa shape index (κ1) is 17.6. The lowest BCUT2D eigenvalue weighted by Gasteiger charge is -2.38. The first-order chi connectivity index (χ1) is 12.5. The Morgan fingerprint density at radius 1 is 1.31 bits per heavy atom. The predicted molar refractivity (Wildman–Crippen MR) is 97.7 cm³/mol. The summed E-state index contributed by atoms with van der Waals surface area (Å²) in [6.07, 6.45) is 6.58. The van der Waals surface area contributed by atoms with E-state index in [0.717, 1.165) is 69.5 Å². The molecule has 1 atom stereocenters. The molecule has 1 fully saturated rings. The molecule has 2 aromatic rings. The number of nitrogens with zero attached hydrogens (tertiary/aromatic N) is 5. The van der Waals surface area contributed by atoms with Gasteiger partial charge in [-0.15, -0.1) is 10.2 Å². The highest BCUT2D eigenvalue weighted by molar-refractivity contribution is 5.11. The largest absolute Gasteiger partial charge is 0.381 e. The molecule has 1 saturated heterocycles. The van der Waals surface area contributed by atoms with E-state index in [4.69, 9.17) is 10.5 Å². The molecule has 8 nitrogen and oxygen atoms in total. The van der Waals surface area contributed by atoms with Gasteiger partial charge in [0.15, 0.2) is 0 Å². The molecular formula is C18H29N7O. The number of imidazole rings is 1. The van der Waals surface area contributed by atoms with Gasteiger partial charge in [0.25, 0.3) is 0 Å². The zero-order chi connectivity index (χ0) is 18.1. The van der Waals surface area contributed by atoms with Crippen LogP contribution < -0.4 is 5.73 Å². The van der Waals surface area contributed by atoms with E-state index in [2.05, 4.69) is 43.5 Å². The van der Waals surface area contributed by atoms with E-state index in [0.29, 0.717) is 5.92 Å². The van der Waals surface area contributed by atoms with Crippen LogP contribution in [0.1, 0.15) is 56.0 Å².